The van der Waals surface area contributed by atoms with E-state index in [1.165, 1.54) is 6.92 Å². The van der Waals surface area contributed by atoms with Crippen LogP contribution in [0.1, 0.15) is 29.9 Å². The van der Waals surface area contributed by atoms with Crippen LogP contribution in [0, 0.1) is 25.5 Å². The molecule has 1 heterocycles. The third-order valence-electron chi connectivity index (χ3n) is 3.09. The Kier molecular flexibility index (Phi) is 4.11. The van der Waals surface area contributed by atoms with Gasteiger partial charge in [-0.25, -0.2) is 21.9 Å². The number of hydrogen-bond acceptors (Lipinski definition) is 3. The van der Waals surface area contributed by atoms with E-state index >= 15 is 0 Å². The van der Waals surface area contributed by atoms with E-state index in [0.717, 1.165) is 18.2 Å². The number of H-pyrrole nitrogens is 1. The molecule has 0 radical (unpaired) electrons. The molecular weight excluding hydrogens is 300 g/mol. The van der Waals surface area contributed by atoms with Crippen molar-refractivity contribution in [3.63, 3.8) is 0 Å². The SMILES string of the molecule is Cc1n[nH]c(C)c1S(=O)(=O)NC(C)c1cc(F)ccc1F. The Bertz CT molecular complexity index is 752. The van der Waals surface area contributed by atoms with Gasteiger partial charge in [0.25, 0.3) is 0 Å². The summed E-state index contributed by atoms with van der Waals surface area (Å²) in [5.74, 6) is -1.31. The van der Waals surface area contributed by atoms with Gasteiger partial charge in [0.2, 0.25) is 10.0 Å². The summed E-state index contributed by atoms with van der Waals surface area (Å²) in [6, 6.07) is 1.99. The first-order chi connectivity index (χ1) is 9.72. The summed E-state index contributed by atoms with van der Waals surface area (Å²) in [6.45, 7) is 4.56. The van der Waals surface area contributed by atoms with E-state index in [1.54, 1.807) is 13.8 Å². The van der Waals surface area contributed by atoms with Crippen LogP contribution >= 0.6 is 0 Å². The lowest BCUT2D eigenvalue weighted by molar-refractivity contribution is 0.541. The molecule has 1 atom stereocenters. The minimum Gasteiger partial charge on any atom is -0.281 e. The summed E-state index contributed by atoms with van der Waals surface area (Å²) < 4.78 is 53.8. The van der Waals surface area contributed by atoms with E-state index in [-0.39, 0.29) is 10.5 Å². The van der Waals surface area contributed by atoms with E-state index in [0.29, 0.717) is 11.4 Å². The van der Waals surface area contributed by atoms with E-state index in [4.69, 9.17) is 0 Å². The molecule has 0 fully saturated rings. The number of sulfonamides is 1. The van der Waals surface area contributed by atoms with Crippen LogP contribution in [0.5, 0.6) is 0 Å². The third kappa shape index (κ3) is 3.11. The van der Waals surface area contributed by atoms with Crippen LogP contribution in [-0.2, 0) is 10.0 Å². The van der Waals surface area contributed by atoms with E-state index in [2.05, 4.69) is 14.9 Å². The van der Waals surface area contributed by atoms with Crippen LogP contribution in [0.4, 0.5) is 8.78 Å². The van der Waals surface area contributed by atoms with Crippen LogP contribution in [0.2, 0.25) is 0 Å². The van der Waals surface area contributed by atoms with E-state index in [9.17, 15) is 17.2 Å². The first-order valence-electron chi connectivity index (χ1n) is 6.21. The highest BCUT2D eigenvalue weighted by Crippen LogP contribution is 2.22. The zero-order chi connectivity index (χ0) is 15.8. The fourth-order valence-electron chi connectivity index (χ4n) is 2.14. The molecule has 0 aliphatic rings. The minimum absolute atomic E-state index is 0.0196. The number of rotatable bonds is 4. The highest BCUT2D eigenvalue weighted by Gasteiger charge is 2.25. The fraction of sp³-hybridized carbons (Fsp3) is 0.308. The average molecular weight is 315 g/mol. The van der Waals surface area contributed by atoms with Gasteiger partial charge < -0.3 is 0 Å². The van der Waals surface area contributed by atoms with Gasteiger partial charge in [-0.05, 0) is 39.0 Å². The number of aromatic amines is 1. The largest absolute Gasteiger partial charge is 0.281 e. The lowest BCUT2D eigenvalue weighted by Crippen LogP contribution is -2.28. The van der Waals surface area contributed by atoms with Gasteiger partial charge in [0, 0.05) is 11.6 Å². The van der Waals surface area contributed by atoms with Crippen molar-refractivity contribution in [1.82, 2.24) is 14.9 Å². The van der Waals surface area contributed by atoms with Gasteiger partial charge in [0.05, 0.1) is 11.4 Å². The molecule has 1 aromatic carbocycles. The molecule has 21 heavy (non-hydrogen) atoms. The number of nitrogens with one attached hydrogen (secondary N) is 2. The lowest BCUT2D eigenvalue weighted by Gasteiger charge is -2.15. The second-order valence-corrected chi connectivity index (χ2v) is 6.42. The average Bonchev–Trinajstić information content (AvgIpc) is 2.72. The number of benzene rings is 1. The van der Waals surface area contributed by atoms with Gasteiger partial charge in [-0.3, -0.25) is 5.10 Å². The van der Waals surface area contributed by atoms with Crippen molar-refractivity contribution < 1.29 is 17.2 Å². The van der Waals surface area contributed by atoms with Gasteiger partial charge in [0.1, 0.15) is 16.5 Å². The first-order valence-corrected chi connectivity index (χ1v) is 7.69. The molecule has 1 aromatic heterocycles. The maximum absolute atomic E-state index is 13.7. The normalized spacial score (nSPS) is 13.4. The number of hydrogen-bond donors (Lipinski definition) is 2. The van der Waals surface area contributed by atoms with E-state index in [1.807, 2.05) is 0 Å². The lowest BCUT2D eigenvalue weighted by atomic mass is 10.1. The van der Waals surface area contributed by atoms with Gasteiger partial charge in [0.15, 0.2) is 0 Å². The van der Waals surface area contributed by atoms with Gasteiger partial charge in [-0.2, -0.15) is 5.10 Å². The third-order valence-corrected chi connectivity index (χ3v) is 4.89. The second-order valence-electron chi connectivity index (χ2n) is 4.77. The Labute approximate surface area is 121 Å². The molecule has 0 saturated heterocycles. The molecule has 2 N–H and O–H groups in total. The smallest absolute Gasteiger partial charge is 0.244 e. The molecule has 114 valence electrons. The number of nitrogens with zero attached hydrogens (tertiary/aromatic N) is 1. The fourth-order valence-corrected chi connectivity index (χ4v) is 3.73. The van der Waals surface area contributed by atoms with Crippen LogP contribution in [0.25, 0.3) is 0 Å². The quantitative estimate of drug-likeness (QED) is 0.909. The topological polar surface area (TPSA) is 74.8 Å². The summed E-state index contributed by atoms with van der Waals surface area (Å²) >= 11 is 0. The van der Waals surface area contributed by atoms with E-state index < -0.39 is 27.7 Å². The van der Waals surface area contributed by atoms with Crippen molar-refractivity contribution in [3.8, 4) is 0 Å². The zero-order valence-electron chi connectivity index (χ0n) is 11.7. The summed E-state index contributed by atoms with van der Waals surface area (Å²) in [7, 11) is -3.89. The summed E-state index contributed by atoms with van der Waals surface area (Å²) in [5, 5.41) is 6.39. The van der Waals surface area contributed by atoms with Crippen molar-refractivity contribution in [3.05, 3.63) is 46.8 Å². The Morgan fingerprint density at radius 1 is 1.29 bits per heavy atom. The van der Waals surface area contributed by atoms with Crippen LogP contribution in [0.3, 0.4) is 0 Å². The monoisotopic (exact) mass is 315 g/mol. The highest BCUT2D eigenvalue weighted by molar-refractivity contribution is 7.89. The molecule has 2 aromatic rings. The molecule has 8 heteroatoms. The maximum Gasteiger partial charge on any atom is 0.244 e. The Morgan fingerprint density at radius 2 is 1.95 bits per heavy atom. The predicted octanol–water partition coefficient (Wildman–Crippen LogP) is 2.34. The first kappa shape index (κ1) is 15.6. The van der Waals surface area contributed by atoms with Gasteiger partial charge in [-0.1, -0.05) is 0 Å². The molecule has 0 aliphatic carbocycles. The van der Waals surface area contributed by atoms with Gasteiger partial charge in [-0.15, -0.1) is 0 Å². The molecule has 0 amide bonds. The van der Waals surface area contributed by atoms with Crippen molar-refractivity contribution in [2.24, 2.45) is 0 Å². The molecule has 0 saturated carbocycles. The summed E-state index contributed by atoms with van der Waals surface area (Å²) in [6.07, 6.45) is 0. The number of aryl methyl sites for hydroxylation is 2. The standard InChI is InChI=1S/C13H15F2N3O2S/c1-7(11-6-10(14)4-5-12(11)15)18-21(19,20)13-8(2)16-17-9(13)3/h4-7,18H,1-3H3,(H,16,17). The Hall–Kier alpha value is -1.80. The van der Waals surface area contributed by atoms with Crippen LogP contribution in [0.15, 0.2) is 23.1 Å². The van der Waals surface area contributed by atoms with Crippen LogP contribution < -0.4 is 4.72 Å². The van der Waals surface area contributed by atoms with Crippen molar-refractivity contribution >= 4 is 10.0 Å². The molecular formula is C13H15F2N3O2S. The minimum atomic E-state index is -3.89. The zero-order valence-corrected chi connectivity index (χ0v) is 12.6. The molecule has 5 nitrogen and oxygen atoms in total. The molecule has 0 spiro atoms. The molecule has 0 bridgehead atoms. The summed E-state index contributed by atoms with van der Waals surface area (Å²) in [4.78, 5) is 0.0196. The number of halogens is 2. The molecule has 0 aliphatic heterocycles. The highest BCUT2D eigenvalue weighted by atomic mass is 32.2. The van der Waals surface area contributed by atoms with Crippen molar-refractivity contribution in [1.29, 1.82) is 0 Å². The molecule has 2 rings (SSSR count). The Balaban J connectivity index is 2.35. The Morgan fingerprint density at radius 3 is 2.52 bits per heavy atom. The van der Waals surface area contributed by atoms with Gasteiger partial charge >= 0.3 is 0 Å². The molecule has 1 unspecified atom stereocenters. The summed E-state index contributed by atoms with van der Waals surface area (Å²) in [5.41, 5.74) is 0.635. The predicted molar refractivity (Wildman–Crippen MR) is 73.2 cm³/mol. The second kappa shape index (κ2) is 5.53. The number of aromatic nitrogens is 2. The van der Waals surface area contributed by atoms with Crippen molar-refractivity contribution in [2.45, 2.75) is 31.7 Å². The van der Waals surface area contributed by atoms with Crippen molar-refractivity contribution in [2.75, 3.05) is 0 Å². The maximum atomic E-state index is 13.7. The van der Waals surface area contributed by atoms with Crippen LogP contribution in [-0.4, -0.2) is 18.6 Å².